The zero-order chi connectivity index (χ0) is 46.2. The summed E-state index contributed by atoms with van der Waals surface area (Å²) in [6, 6.07) is 83.4. The van der Waals surface area contributed by atoms with Crippen LogP contribution in [0.3, 0.4) is 0 Å². The summed E-state index contributed by atoms with van der Waals surface area (Å²) in [7, 11) is 1.58. The molecule has 8 aromatic rings. The average molecular weight is 941 g/mol. The smallest absolute Gasteiger partial charge is 0.126 e. The Balaban J connectivity index is 0.000000198. The molecule has 0 saturated carbocycles. The van der Waals surface area contributed by atoms with Crippen molar-refractivity contribution >= 4 is 74.1 Å². The predicted molar refractivity (Wildman–Crippen MR) is 296 cm³/mol. The Morgan fingerprint density at radius 3 is 0.712 bits per heavy atom. The molecule has 0 aliphatic carbocycles. The molecule has 8 rings (SSSR count). The van der Waals surface area contributed by atoms with Crippen LogP contribution in [0.15, 0.2) is 231 Å². The third kappa shape index (κ3) is 13.6. The van der Waals surface area contributed by atoms with Gasteiger partial charge < -0.3 is 9.47 Å². The monoisotopic (exact) mass is 940 g/mol. The van der Waals surface area contributed by atoms with Crippen LogP contribution in [-0.4, -0.2) is 38.9 Å². The molecular formula is C60H64O2P4. The van der Waals surface area contributed by atoms with Gasteiger partial charge in [0, 0.05) is 10.6 Å². The van der Waals surface area contributed by atoms with Crippen molar-refractivity contribution in [1.82, 2.24) is 0 Å². The van der Waals surface area contributed by atoms with Crippen LogP contribution in [0, 0.1) is 10.8 Å². The van der Waals surface area contributed by atoms with Crippen LogP contribution >= 0.6 is 31.7 Å². The van der Waals surface area contributed by atoms with E-state index in [4.69, 9.17) is 9.47 Å². The van der Waals surface area contributed by atoms with Crippen molar-refractivity contribution in [2.75, 3.05) is 38.9 Å². The van der Waals surface area contributed by atoms with E-state index in [0.29, 0.717) is 0 Å². The number of hydrogen-bond donors (Lipinski definition) is 0. The second-order valence-corrected chi connectivity index (χ2v) is 26.8. The summed E-state index contributed by atoms with van der Waals surface area (Å²) in [5.74, 6) is 1.96. The van der Waals surface area contributed by atoms with Crippen LogP contribution in [0.5, 0.6) is 11.5 Å². The van der Waals surface area contributed by atoms with Crippen molar-refractivity contribution in [2.45, 2.75) is 27.7 Å². The highest BCUT2D eigenvalue weighted by molar-refractivity contribution is 7.75. The first-order chi connectivity index (χ1) is 32.1. The molecular weight excluding hydrogens is 877 g/mol. The van der Waals surface area contributed by atoms with Gasteiger partial charge in [-0.2, -0.15) is 0 Å². The van der Waals surface area contributed by atoms with Crippen molar-refractivity contribution in [1.29, 1.82) is 0 Å². The lowest BCUT2D eigenvalue weighted by Gasteiger charge is -2.35. The fraction of sp³-hybridized carbons (Fsp3) is 0.200. The lowest BCUT2D eigenvalue weighted by Crippen LogP contribution is -2.30. The summed E-state index contributed by atoms with van der Waals surface area (Å²) in [6.07, 6.45) is 4.53. The van der Waals surface area contributed by atoms with Crippen molar-refractivity contribution in [3.8, 4) is 11.5 Å². The molecule has 336 valence electrons. The molecule has 0 N–H and O–H groups in total. The van der Waals surface area contributed by atoms with Crippen LogP contribution in [-0.2, 0) is 0 Å². The van der Waals surface area contributed by atoms with Gasteiger partial charge in [-0.15, -0.1) is 0 Å². The number of para-hydroxylation sites is 2. The number of benzene rings is 8. The van der Waals surface area contributed by atoms with E-state index in [1.54, 1.807) is 14.2 Å². The fourth-order valence-corrected chi connectivity index (χ4v) is 19.9. The van der Waals surface area contributed by atoms with Gasteiger partial charge >= 0.3 is 0 Å². The molecule has 6 heteroatoms. The van der Waals surface area contributed by atoms with E-state index < -0.39 is 31.7 Å². The van der Waals surface area contributed by atoms with Gasteiger partial charge in [0.05, 0.1) is 14.2 Å². The Kier molecular flexibility index (Phi) is 18.0. The Labute approximate surface area is 400 Å². The van der Waals surface area contributed by atoms with E-state index in [-0.39, 0.29) is 10.8 Å². The van der Waals surface area contributed by atoms with Crippen molar-refractivity contribution in [2.24, 2.45) is 10.8 Å². The van der Waals surface area contributed by atoms with E-state index >= 15 is 0 Å². The van der Waals surface area contributed by atoms with Gasteiger partial charge in [0.25, 0.3) is 0 Å². The van der Waals surface area contributed by atoms with Crippen LogP contribution < -0.4 is 51.9 Å². The Hall–Kier alpha value is -4.92. The van der Waals surface area contributed by atoms with Gasteiger partial charge in [0.1, 0.15) is 11.5 Å². The van der Waals surface area contributed by atoms with Gasteiger partial charge in [-0.25, -0.2) is 0 Å². The molecule has 0 heterocycles. The number of ether oxygens (including phenoxy) is 2. The largest absolute Gasteiger partial charge is 0.496 e. The molecule has 0 aromatic heterocycles. The maximum absolute atomic E-state index is 5.82. The summed E-state index contributed by atoms with van der Waals surface area (Å²) >= 11 is 0. The lowest BCUT2D eigenvalue weighted by molar-refractivity contribution is 0.418. The van der Waals surface area contributed by atoms with E-state index in [9.17, 15) is 0 Å². The highest BCUT2D eigenvalue weighted by atomic mass is 31.1. The molecule has 0 radical (unpaired) electrons. The van der Waals surface area contributed by atoms with Gasteiger partial charge in [-0.3, -0.25) is 0 Å². The van der Waals surface area contributed by atoms with Crippen molar-refractivity contribution in [3.05, 3.63) is 231 Å². The number of methoxy groups -OCH3 is 2. The van der Waals surface area contributed by atoms with E-state index in [1.807, 2.05) is 0 Å². The predicted octanol–water partition coefficient (Wildman–Crippen LogP) is 12.6. The topological polar surface area (TPSA) is 18.5 Å². The quantitative estimate of drug-likeness (QED) is 0.0798. The standard InChI is InChI=1S/C31H34O2P2.C29H30P2/c1-31(2,23-34(25-15-7-5-8-16-25)29-21-13-11-19-27(29)32-3)24-35(26-17-9-6-10-18-26)30-22-14-12-20-28(30)33-4;1-29(2,23-30(25-15-7-3-8-16-25)26-17-9-4-10-18-26)24-31(27-19-11-5-12-20-27)28-21-13-6-14-22-28/h5-22H,23-24H2,1-4H3;3-22H,23-24H2,1-2H3. The van der Waals surface area contributed by atoms with E-state index in [2.05, 4.69) is 258 Å². The van der Waals surface area contributed by atoms with E-state index in [0.717, 1.165) is 23.8 Å². The summed E-state index contributed by atoms with van der Waals surface area (Å²) in [5.41, 5.74) is 0.305. The molecule has 0 bridgehead atoms. The Morgan fingerprint density at radius 1 is 0.273 bits per heavy atom. The molecule has 0 fully saturated rings. The minimum atomic E-state index is -0.591. The number of rotatable bonds is 18. The van der Waals surface area contributed by atoms with Gasteiger partial charge in [0.2, 0.25) is 0 Å². The van der Waals surface area contributed by atoms with Crippen LogP contribution in [0.1, 0.15) is 27.7 Å². The molecule has 2 nitrogen and oxygen atoms in total. The first kappa shape index (κ1) is 49.0. The van der Waals surface area contributed by atoms with Crippen molar-refractivity contribution in [3.63, 3.8) is 0 Å². The number of hydrogen-bond acceptors (Lipinski definition) is 2. The highest BCUT2D eigenvalue weighted by Crippen LogP contribution is 2.50. The lowest BCUT2D eigenvalue weighted by atomic mass is 10.00. The maximum atomic E-state index is 5.82. The summed E-state index contributed by atoms with van der Waals surface area (Å²) in [5, 5.41) is 11.3. The SMILES string of the molecule is CC(C)(CP(c1ccccc1)c1ccccc1)CP(c1ccccc1)c1ccccc1.COc1ccccc1P(CC(C)(C)CP(c1ccccc1)c1ccccc1OC)c1ccccc1. The zero-order valence-electron chi connectivity index (χ0n) is 39.4. The minimum Gasteiger partial charge on any atom is -0.496 e. The van der Waals surface area contributed by atoms with Gasteiger partial charge in [0.15, 0.2) is 0 Å². The normalized spacial score (nSPS) is 12.5. The fourth-order valence-electron chi connectivity index (χ4n) is 8.46. The Bertz CT molecular complexity index is 2370. The van der Waals surface area contributed by atoms with Crippen molar-refractivity contribution < 1.29 is 9.47 Å². The van der Waals surface area contributed by atoms with Crippen LogP contribution in [0.4, 0.5) is 0 Å². The van der Waals surface area contributed by atoms with Crippen LogP contribution in [0.2, 0.25) is 0 Å². The molecule has 0 spiro atoms. The summed E-state index contributed by atoms with van der Waals surface area (Å²) in [4.78, 5) is 0. The second-order valence-electron chi connectivity index (χ2n) is 18.0. The molecule has 2 unspecified atom stereocenters. The summed E-state index contributed by atoms with van der Waals surface area (Å²) in [6.45, 7) is 9.79. The first-order valence-corrected chi connectivity index (χ1v) is 28.9. The average Bonchev–Trinajstić information content (AvgIpc) is 3.37. The summed E-state index contributed by atoms with van der Waals surface area (Å²) < 4.78 is 11.6. The van der Waals surface area contributed by atoms with E-state index in [1.165, 1.54) is 54.8 Å². The molecule has 0 saturated heterocycles. The molecule has 0 aliphatic rings. The maximum Gasteiger partial charge on any atom is 0.126 e. The highest BCUT2D eigenvalue weighted by Gasteiger charge is 2.33. The second kappa shape index (κ2) is 24.2. The zero-order valence-corrected chi connectivity index (χ0v) is 43.0. The minimum absolute atomic E-state index is 0.0881. The van der Waals surface area contributed by atoms with Gasteiger partial charge in [-0.05, 0) is 111 Å². The molecule has 0 amide bonds. The molecule has 66 heavy (non-hydrogen) atoms. The molecule has 2 atom stereocenters. The van der Waals surface area contributed by atoms with Crippen LogP contribution in [0.25, 0.3) is 0 Å². The molecule has 8 aromatic carbocycles. The molecule has 0 aliphatic heterocycles. The third-order valence-electron chi connectivity index (χ3n) is 11.5. The first-order valence-electron chi connectivity index (χ1n) is 22.8. The third-order valence-corrected chi connectivity index (χ3v) is 23.6. The Morgan fingerprint density at radius 2 is 0.470 bits per heavy atom. The van der Waals surface area contributed by atoms with Gasteiger partial charge in [-0.1, -0.05) is 246 Å².